The number of rotatable bonds is 10. The zero-order valence-corrected chi connectivity index (χ0v) is 20.7. The van der Waals surface area contributed by atoms with Gasteiger partial charge in [0, 0.05) is 30.8 Å². The highest BCUT2D eigenvalue weighted by molar-refractivity contribution is 7.22. The Morgan fingerprint density at radius 1 is 0.818 bits per heavy atom. The number of aromatic nitrogens is 1. The molecule has 178 valence electrons. The number of fused-ring (bicyclic) bond motifs is 1. The Morgan fingerprint density at radius 3 is 1.91 bits per heavy atom. The van der Waals surface area contributed by atoms with Crippen LogP contribution in [0.2, 0.25) is 0 Å². The van der Waals surface area contributed by atoms with Crippen molar-refractivity contribution in [3.8, 4) is 28.7 Å². The minimum absolute atomic E-state index is 0.228. The molecule has 0 aliphatic heterocycles. The maximum atomic E-state index is 13.7. The molecule has 3 aromatic rings. The lowest BCUT2D eigenvalue weighted by Gasteiger charge is -2.23. The summed E-state index contributed by atoms with van der Waals surface area (Å²) in [4.78, 5) is 22.1. The van der Waals surface area contributed by atoms with Crippen molar-refractivity contribution in [1.82, 2.24) is 9.88 Å². The molecule has 0 aliphatic carbocycles. The number of ether oxygens (including phenoxy) is 5. The standard InChI is InChI=1S/C23H29N3O6S/c1-25(2)8-9-26(22(27)14-10-18(30-5)21(32-7)19(11-14)31-6)23-24-15-12-16(28-3)17(29-4)13-20(15)33-23/h10-13H,8-9H2,1-7H3. The number of carbonyl (C=O) groups is 1. The third-order valence-corrected chi connectivity index (χ3v) is 6.08. The summed E-state index contributed by atoms with van der Waals surface area (Å²) in [6, 6.07) is 6.96. The van der Waals surface area contributed by atoms with E-state index in [1.54, 1.807) is 31.3 Å². The van der Waals surface area contributed by atoms with Crippen molar-refractivity contribution in [1.29, 1.82) is 0 Å². The predicted octanol–water partition coefficient (Wildman–Crippen LogP) is 3.55. The van der Waals surface area contributed by atoms with Crippen molar-refractivity contribution in [3.63, 3.8) is 0 Å². The van der Waals surface area contributed by atoms with Crippen LogP contribution in [0.15, 0.2) is 24.3 Å². The fourth-order valence-corrected chi connectivity index (χ4v) is 4.30. The Bertz CT molecular complexity index is 1060. The maximum absolute atomic E-state index is 13.7. The van der Waals surface area contributed by atoms with E-state index in [4.69, 9.17) is 28.7 Å². The molecule has 0 saturated heterocycles. The van der Waals surface area contributed by atoms with E-state index >= 15 is 0 Å². The minimum Gasteiger partial charge on any atom is -0.493 e. The summed E-state index contributed by atoms with van der Waals surface area (Å²) in [5.74, 6) is 2.20. The molecule has 0 saturated carbocycles. The van der Waals surface area contributed by atoms with E-state index in [0.29, 0.717) is 52.5 Å². The average molecular weight is 476 g/mol. The van der Waals surface area contributed by atoms with Gasteiger partial charge in [0.1, 0.15) is 0 Å². The largest absolute Gasteiger partial charge is 0.493 e. The van der Waals surface area contributed by atoms with Crippen molar-refractivity contribution in [2.45, 2.75) is 0 Å². The molecule has 0 radical (unpaired) electrons. The maximum Gasteiger partial charge on any atom is 0.260 e. The number of thiazole rings is 1. The van der Waals surface area contributed by atoms with Gasteiger partial charge in [-0.15, -0.1) is 0 Å². The first-order chi connectivity index (χ1) is 15.9. The van der Waals surface area contributed by atoms with Crippen LogP contribution in [0.25, 0.3) is 10.2 Å². The SMILES string of the molecule is COc1cc2nc(N(CCN(C)C)C(=O)c3cc(OC)c(OC)c(OC)c3)sc2cc1OC. The van der Waals surface area contributed by atoms with Crippen LogP contribution >= 0.6 is 11.3 Å². The zero-order valence-electron chi connectivity index (χ0n) is 19.9. The fraction of sp³-hybridized carbons (Fsp3) is 0.391. The first kappa shape index (κ1) is 24.4. The number of hydrogen-bond acceptors (Lipinski definition) is 9. The monoisotopic (exact) mass is 475 g/mol. The van der Waals surface area contributed by atoms with Gasteiger partial charge in [-0.05, 0) is 26.2 Å². The van der Waals surface area contributed by atoms with Gasteiger partial charge in [0.15, 0.2) is 28.1 Å². The van der Waals surface area contributed by atoms with E-state index in [9.17, 15) is 4.79 Å². The molecule has 0 N–H and O–H groups in total. The lowest BCUT2D eigenvalue weighted by Crippen LogP contribution is -2.36. The minimum atomic E-state index is -0.228. The fourth-order valence-electron chi connectivity index (χ4n) is 3.30. The van der Waals surface area contributed by atoms with E-state index in [0.717, 1.165) is 10.2 Å². The number of nitrogens with zero attached hydrogens (tertiary/aromatic N) is 3. The van der Waals surface area contributed by atoms with Gasteiger partial charge in [0.2, 0.25) is 5.75 Å². The number of benzene rings is 2. The van der Waals surface area contributed by atoms with Crippen LogP contribution in [-0.4, -0.2) is 78.5 Å². The topological polar surface area (TPSA) is 82.6 Å². The van der Waals surface area contributed by atoms with Gasteiger partial charge < -0.3 is 28.6 Å². The number of methoxy groups -OCH3 is 5. The number of carbonyl (C=O) groups excluding carboxylic acids is 1. The third kappa shape index (κ3) is 5.07. The molecular formula is C23H29N3O6S. The van der Waals surface area contributed by atoms with Gasteiger partial charge in [-0.1, -0.05) is 11.3 Å². The molecule has 0 aliphatic rings. The molecular weight excluding hydrogens is 446 g/mol. The molecule has 2 aromatic carbocycles. The summed E-state index contributed by atoms with van der Waals surface area (Å²) < 4.78 is 27.9. The third-order valence-electron chi connectivity index (χ3n) is 5.04. The molecule has 33 heavy (non-hydrogen) atoms. The van der Waals surface area contributed by atoms with Crippen LogP contribution in [0.1, 0.15) is 10.4 Å². The van der Waals surface area contributed by atoms with Gasteiger partial charge >= 0.3 is 0 Å². The van der Waals surface area contributed by atoms with Crippen molar-refractivity contribution in [2.24, 2.45) is 0 Å². The molecule has 0 spiro atoms. The Kier molecular flexibility index (Phi) is 7.83. The summed E-state index contributed by atoms with van der Waals surface area (Å²) in [6.45, 7) is 1.09. The summed E-state index contributed by atoms with van der Waals surface area (Å²) >= 11 is 1.41. The van der Waals surface area contributed by atoms with Crippen LogP contribution in [0.4, 0.5) is 5.13 Å². The van der Waals surface area contributed by atoms with E-state index < -0.39 is 0 Å². The number of anilines is 1. The molecule has 3 rings (SSSR count). The smallest absolute Gasteiger partial charge is 0.260 e. The molecule has 0 fully saturated rings. The zero-order chi connectivity index (χ0) is 24.1. The van der Waals surface area contributed by atoms with E-state index in [-0.39, 0.29) is 5.91 Å². The van der Waals surface area contributed by atoms with Crippen LogP contribution in [0.5, 0.6) is 28.7 Å². The van der Waals surface area contributed by atoms with Crippen molar-refractivity contribution >= 4 is 32.6 Å². The summed E-state index contributed by atoms with van der Waals surface area (Å²) in [5, 5.41) is 0.570. The van der Waals surface area contributed by atoms with Crippen LogP contribution in [0.3, 0.4) is 0 Å². The van der Waals surface area contributed by atoms with E-state index in [1.165, 1.54) is 32.7 Å². The van der Waals surface area contributed by atoms with Gasteiger partial charge in [0.05, 0.1) is 45.8 Å². The first-order valence-electron chi connectivity index (χ1n) is 10.2. The molecule has 0 atom stereocenters. The summed E-state index contributed by atoms with van der Waals surface area (Å²) in [7, 11) is 11.6. The van der Waals surface area contributed by atoms with Crippen molar-refractivity contribution < 1.29 is 28.5 Å². The summed E-state index contributed by atoms with van der Waals surface area (Å²) in [6.07, 6.45) is 0. The van der Waals surface area contributed by atoms with E-state index in [2.05, 4.69) is 0 Å². The Hall–Kier alpha value is -3.24. The second-order valence-corrected chi connectivity index (χ2v) is 8.35. The number of likely N-dealkylation sites (N-methyl/N-ethyl adjacent to an activating group) is 1. The Labute approximate surface area is 197 Å². The lowest BCUT2D eigenvalue weighted by molar-refractivity contribution is 0.0984. The average Bonchev–Trinajstić information content (AvgIpc) is 3.24. The van der Waals surface area contributed by atoms with Gasteiger partial charge in [0.25, 0.3) is 5.91 Å². The van der Waals surface area contributed by atoms with Crippen LogP contribution in [-0.2, 0) is 0 Å². The first-order valence-corrected chi connectivity index (χ1v) is 11.0. The Morgan fingerprint density at radius 2 is 1.39 bits per heavy atom. The lowest BCUT2D eigenvalue weighted by atomic mass is 10.1. The quantitative estimate of drug-likeness (QED) is 0.440. The summed E-state index contributed by atoms with van der Waals surface area (Å²) in [5.41, 5.74) is 1.12. The van der Waals surface area contributed by atoms with Crippen molar-refractivity contribution in [2.75, 3.05) is 67.6 Å². The molecule has 0 unspecified atom stereocenters. The van der Waals surface area contributed by atoms with Crippen LogP contribution < -0.4 is 28.6 Å². The molecule has 1 aromatic heterocycles. The number of hydrogen-bond donors (Lipinski definition) is 0. The normalized spacial score (nSPS) is 10.9. The van der Waals surface area contributed by atoms with E-state index in [1.807, 2.05) is 31.1 Å². The van der Waals surface area contributed by atoms with Gasteiger partial charge in [-0.2, -0.15) is 0 Å². The molecule has 1 heterocycles. The highest BCUT2D eigenvalue weighted by Crippen LogP contribution is 2.40. The van der Waals surface area contributed by atoms with Gasteiger partial charge in [-0.25, -0.2) is 4.98 Å². The molecule has 1 amide bonds. The molecule has 10 heteroatoms. The molecule has 9 nitrogen and oxygen atoms in total. The predicted molar refractivity (Wildman–Crippen MR) is 129 cm³/mol. The molecule has 0 bridgehead atoms. The second kappa shape index (κ2) is 10.6. The Balaban J connectivity index is 2.09. The second-order valence-electron chi connectivity index (χ2n) is 7.35. The van der Waals surface area contributed by atoms with Crippen molar-refractivity contribution in [3.05, 3.63) is 29.8 Å². The highest BCUT2D eigenvalue weighted by Gasteiger charge is 2.25. The highest BCUT2D eigenvalue weighted by atomic mass is 32.1. The van der Waals surface area contributed by atoms with Gasteiger partial charge in [-0.3, -0.25) is 9.69 Å². The van der Waals surface area contributed by atoms with Crippen LogP contribution in [0, 0.1) is 0 Å². The number of amides is 1.